The van der Waals surface area contributed by atoms with E-state index in [1.54, 1.807) is 18.2 Å². The van der Waals surface area contributed by atoms with Gasteiger partial charge in [-0.3, -0.25) is 0 Å². The first-order valence-electron chi connectivity index (χ1n) is 2.24. The van der Waals surface area contributed by atoms with Crippen LogP contribution in [0, 0.1) is 5.82 Å². The number of thiol groups is 1. The summed E-state index contributed by atoms with van der Waals surface area (Å²) in [5.74, 6) is -0.268. The summed E-state index contributed by atoms with van der Waals surface area (Å²) in [6.07, 6.45) is 0. The Kier molecular flexibility index (Phi) is 4.58. The molecule has 0 aromatic heterocycles. The minimum absolute atomic E-state index is 0. The normalized spacial score (nSPS) is 8.22. The number of benzene rings is 1. The standard InChI is InChI=1S/C6H5FS.Na.H/c7-5-3-1-2-4-6(5)8;;/h1-4,8H;;. The van der Waals surface area contributed by atoms with Gasteiger partial charge >= 0.3 is 29.6 Å². The fourth-order valence-electron chi connectivity index (χ4n) is 0.452. The Morgan fingerprint density at radius 1 is 1.22 bits per heavy atom. The molecule has 0 fully saturated rings. The first kappa shape index (κ1) is 9.50. The second-order valence-corrected chi connectivity index (χ2v) is 1.93. The quantitative estimate of drug-likeness (QED) is 0.422. The summed E-state index contributed by atoms with van der Waals surface area (Å²) in [6, 6.07) is 6.36. The average molecular weight is 152 g/mol. The van der Waals surface area contributed by atoms with Crippen LogP contribution in [0.3, 0.4) is 0 Å². The van der Waals surface area contributed by atoms with Gasteiger partial charge in [-0.05, 0) is 12.1 Å². The number of hydrogen-bond acceptors (Lipinski definition) is 1. The SMILES string of the molecule is Fc1ccccc1S.[NaH]. The molecular formula is C6H6FNaS. The van der Waals surface area contributed by atoms with Crippen LogP contribution in [0.15, 0.2) is 29.2 Å². The van der Waals surface area contributed by atoms with E-state index in [0.29, 0.717) is 4.90 Å². The average Bonchev–Trinajstić information content (AvgIpc) is 1.77. The summed E-state index contributed by atoms with van der Waals surface area (Å²) >= 11 is 3.82. The Balaban J connectivity index is 0.000000640. The summed E-state index contributed by atoms with van der Waals surface area (Å²) in [6.45, 7) is 0. The molecule has 1 aromatic carbocycles. The van der Waals surface area contributed by atoms with E-state index in [9.17, 15) is 4.39 Å². The van der Waals surface area contributed by atoms with Gasteiger partial charge in [0.2, 0.25) is 0 Å². The summed E-state index contributed by atoms with van der Waals surface area (Å²) in [5, 5.41) is 0. The van der Waals surface area contributed by atoms with Gasteiger partial charge in [-0.2, -0.15) is 0 Å². The third-order valence-electron chi connectivity index (χ3n) is 0.852. The van der Waals surface area contributed by atoms with Crippen molar-refractivity contribution in [2.75, 3.05) is 0 Å². The predicted molar refractivity (Wildman–Crippen MR) is 40.8 cm³/mol. The molecule has 0 spiro atoms. The topological polar surface area (TPSA) is 0 Å². The van der Waals surface area contributed by atoms with Crippen molar-refractivity contribution in [2.24, 2.45) is 0 Å². The molecule has 0 N–H and O–H groups in total. The van der Waals surface area contributed by atoms with Crippen molar-refractivity contribution in [3.05, 3.63) is 30.1 Å². The molecule has 44 valence electrons. The zero-order valence-electron chi connectivity index (χ0n) is 4.13. The molecule has 0 saturated carbocycles. The second-order valence-electron chi connectivity index (χ2n) is 1.45. The van der Waals surface area contributed by atoms with Crippen LogP contribution in [0.4, 0.5) is 4.39 Å². The molecule has 1 rings (SSSR count). The molecule has 0 heterocycles. The van der Waals surface area contributed by atoms with Crippen molar-refractivity contribution in [3.63, 3.8) is 0 Å². The van der Waals surface area contributed by atoms with E-state index in [2.05, 4.69) is 12.6 Å². The van der Waals surface area contributed by atoms with Crippen molar-refractivity contribution < 1.29 is 4.39 Å². The predicted octanol–water partition coefficient (Wildman–Crippen LogP) is 1.47. The summed E-state index contributed by atoms with van der Waals surface area (Å²) in [4.78, 5) is 0.396. The monoisotopic (exact) mass is 152 g/mol. The van der Waals surface area contributed by atoms with Gasteiger partial charge in [0.05, 0.1) is 0 Å². The fraction of sp³-hybridized carbons (Fsp3) is 0. The van der Waals surface area contributed by atoms with E-state index in [0.717, 1.165) is 0 Å². The van der Waals surface area contributed by atoms with Crippen LogP contribution in [0.25, 0.3) is 0 Å². The molecule has 0 nitrogen and oxygen atoms in total. The third kappa shape index (κ3) is 2.72. The summed E-state index contributed by atoms with van der Waals surface area (Å²) in [7, 11) is 0. The van der Waals surface area contributed by atoms with E-state index in [1.165, 1.54) is 6.07 Å². The zero-order valence-corrected chi connectivity index (χ0v) is 5.03. The van der Waals surface area contributed by atoms with Crippen LogP contribution in [-0.2, 0) is 0 Å². The molecule has 0 aliphatic heterocycles. The van der Waals surface area contributed by atoms with E-state index in [4.69, 9.17) is 0 Å². The summed E-state index contributed by atoms with van der Waals surface area (Å²) < 4.78 is 12.2. The summed E-state index contributed by atoms with van der Waals surface area (Å²) in [5.41, 5.74) is 0. The van der Waals surface area contributed by atoms with E-state index in [-0.39, 0.29) is 35.4 Å². The van der Waals surface area contributed by atoms with Gasteiger partial charge in [-0.25, -0.2) is 4.39 Å². The number of halogens is 1. The van der Waals surface area contributed by atoms with Crippen LogP contribution in [0.1, 0.15) is 0 Å². The van der Waals surface area contributed by atoms with Crippen LogP contribution < -0.4 is 0 Å². The van der Waals surface area contributed by atoms with Gasteiger partial charge in [0.15, 0.2) is 0 Å². The molecule has 3 heteroatoms. The molecule has 0 unspecified atom stereocenters. The van der Waals surface area contributed by atoms with Gasteiger partial charge < -0.3 is 0 Å². The van der Waals surface area contributed by atoms with Crippen LogP contribution in [0.5, 0.6) is 0 Å². The van der Waals surface area contributed by atoms with Gasteiger partial charge in [0, 0.05) is 4.90 Å². The molecule has 1 aromatic rings. The fourth-order valence-corrected chi connectivity index (χ4v) is 0.612. The Morgan fingerprint density at radius 3 is 2.11 bits per heavy atom. The number of hydrogen-bond donors (Lipinski definition) is 1. The van der Waals surface area contributed by atoms with Crippen LogP contribution in [0.2, 0.25) is 0 Å². The van der Waals surface area contributed by atoms with E-state index < -0.39 is 0 Å². The second kappa shape index (κ2) is 4.34. The minimum atomic E-state index is -0.268. The molecule has 0 aliphatic carbocycles. The Hall–Kier alpha value is 0.500. The molecule has 0 atom stereocenters. The van der Waals surface area contributed by atoms with Crippen molar-refractivity contribution in [1.29, 1.82) is 0 Å². The van der Waals surface area contributed by atoms with Gasteiger partial charge in [0.1, 0.15) is 5.82 Å². The van der Waals surface area contributed by atoms with Crippen molar-refractivity contribution in [3.8, 4) is 0 Å². The van der Waals surface area contributed by atoms with E-state index in [1.807, 2.05) is 0 Å². The Morgan fingerprint density at radius 2 is 1.78 bits per heavy atom. The van der Waals surface area contributed by atoms with Crippen molar-refractivity contribution in [1.82, 2.24) is 0 Å². The van der Waals surface area contributed by atoms with Crippen molar-refractivity contribution >= 4 is 42.2 Å². The third-order valence-corrected chi connectivity index (χ3v) is 1.22. The molecule has 0 bridgehead atoms. The van der Waals surface area contributed by atoms with Crippen molar-refractivity contribution in [2.45, 2.75) is 4.90 Å². The Labute approximate surface area is 81.2 Å². The molecule has 0 amide bonds. The van der Waals surface area contributed by atoms with Crippen LogP contribution >= 0.6 is 12.6 Å². The molecule has 0 saturated heterocycles. The van der Waals surface area contributed by atoms with Gasteiger partial charge in [0.25, 0.3) is 0 Å². The zero-order chi connectivity index (χ0) is 5.98. The molecular weight excluding hydrogens is 146 g/mol. The van der Waals surface area contributed by atoms with Gasteiger partial charge in [-0.1, -0.05) is 12.1 Å². The van der Waals surface area contributed by atoms with Crippen LogP contribution in [-0.4, -0.2) is 29.6 Å². The first-order valence-corrected chi connectivity index (χ1v) is 2.69. The Bertz CT molecular complexity index is 169. The first-order chi connectivity index (χ1) is 3.80. The molecule has 9 heavy (non-hydrogen) atoms. The molecule has 0 radical (unpaired) electrons. The number of rotatable bonds is 0. The maximum atomic E-state index is 12.2. The van der Waals surface area contributed by atoms with Gasteiger partial charge in [-0.15, -0.1) is 12.6 Å². The van der Waals surface area contributed by atoms with E-state index >= 15 is 0 Å². The molecule has 0 aliphatic rings. The maximum absolute atomic E-state index is 12.2.